The number of hydrogen-bond donors (Lipinski definition) is 2. The van der Waals surface area contributed by atoms with Crippen LogP contribution in [0.4, 0.5) is 0 Å². The van der Waals surface area contributed by atoms with Gasteiger partial charge in [-0.1, -0.05) is 0 Å². The molecule has 0 bridgehead atoms. The van der Waals surface area contributed by atoms with Crippen molar-refractivity contribution < 1.29 is 19.3 Å². The number of aliphatic hydroxyl groups excluding tert-OH is 1. The molecule has 0 fully saturated rings. The van der Waals surface area contributed by atoms with E-state index in [1.54, 1.807) is 0 Å². The first-order valence-electron chi connectivity index (χ1n) is 6.28. The molecule has 2 rings (SSSR count). The van der Waals surface area contributed by atoms with E-state index in [9.17, 15) is 0 Å². The zero-order chi connectivity index (χ0) is 13.5. The number of rotatable bonds is 7. The summed E-state index contributed by atoms with van der Waals surface area (Å²) < 4.78 is 17.2. The maximum Gasteiger partial charge on any atom is 0.175 e. The van der Waals surface area contributed by atoms with Crippen molar-refractivity contribution in [2.24, 2.45) is 0 Å². The van der Waals surface area contributed by atoms with Crippen LogP contribution in [0.2, 0.25) is 0 Å². The summed E-state index contributed by atoms with van der Waals surface area (Å²) in [6.45, 7) is 3.69. The molecular formula is C13H18BrNO4. The average molecular weight is 332 g/mol. The van der Waals surface area contributed by atoms with E-state index in [1.165, 1.54) is 0 Å². The van der Waals surface area contributed by atoms with Crippen molar-refractivity contribution in [2.45, 2.75) is 6.54 Å². The number of halogens is 1. The zero-order valence-corrected chi connectivity index (χ0v) is 12.2. The predicted molar refractivity (Wildman–Crippen MR) is 74.7 cm³/mol. The molecule has 0 saturated carbocycles. The van der Waals surface area contributed by atoms with E-state index in [4.69, 9.17) is 19.3 Å². The average Bonchev–Trinajstić information content (AvgIpc) is 2.43. The molecule has 5 nitrogen and oxygen atoms in total. The highest BCUT2D eigenvalue weighted by atomic mass is 79.9. The molecule has 0 radical (unpaired) electrons. The van der Waals surface area contributed by atoms with Gasteiger partial charge in [-0.25, -0.2) is 0 Å². The van der Waals surface area contributed by atoms with Gasteiger partial charge < -0.3 is 24.6 Å². The topological polar surface area (TPSA) is 60.0 Å². The van der Waals surface area contributed by atoms with Crippen LogP contribution in [-0.4, -0.2) is 44.7 Å². The number of fused-ring (bicyclic) bond motifs is 1. The first-order chi connectivity index (χ1) is 9.31. The zero-order valence-electron chi connectivity index (χ0n) is 10.7. The first kappa shape index (κ1) is 14.6. The van der Waals surface area contributed by atoms with Crippen LogP contribution in [0.1, 0.15) is 5.56 Å². The second-order valence-electron chi connectivity index (χ2n) is 4.11. The van der Waals surface area contributed by atoms with Crippen molar-refractivity contribution in [3.63, 3.8) is 0 Å². The Morgan fingerprint density at radius 1 is 1.26 bits per heavy atom. The minimum atomic E-state index is 0.0646. The molecule has 1 heterocycles. The van der Waals surface area contributed by atoms with Crippen molar-refractivity contribution in [3.05, 3.63) is 22.2 Å². The van der Waals surface area contributed by atoms with E-state index >= 15 is 0 Å². The SMILES string of the molecule is OCCOCCNCc1cc(Br)c2c(c1)OCCO2. The smallest absolute Gasteiger partial charge is 0.175 e. The summed E-state index contributed by atoms with van der Waals surface area (Å²) in [6.07, 6.45) is 0. The van der Waals surface area contributed by atoms with Crippen molar-refractivity contribution in [2.75, 3.05) is 39.6 Å². The Morgan fingerprint density at radius 2 is 2.11 bits per heavy atom. The highest BCUT2D eigenvalue weighted by molar-refractivity contribution is 9.10. The summed E-state index contributed by atoms with van der Waals surface area (Å²) in [4.78, 5) is 0. The molecule has 6 heteroatoms. The van der Waals surface area contributed by atoms with Gasteiger partial charge in [0.05, 0.1) is 24.3 Å². The lowest BCUT2D eigenvalue weighted by molar-refractivity contribution is 0.0938. The summed E-state index contributed by atoms with van der Waals surface area (Å²) in [5.41, 5.74) is 1.12. The van der Waals surface area contributed by atoms with Gasteiger partial charge in [-0.05, 0) is 33.6 Å². The van der Waals surface area contributed by atoms with Crippen LogP contribution in [0, 0.1) is 0 Å². The molecular weight excluding hydrogens is 314 g/mol. The Bertz CT molecular complexity index is 414. The lowest BCUT2D eigenvalue weighted by Crippen LogP contribution is -2.20. The Hall–Kier alpha value is -0.820. The van der Waals surface area contributed by atoms with Gasteiger partial charge in [-0.15, -0.1) is 0 Å². The maximum absolute atomic E-state index is 8.57. The van der Waals surface area contributed by atoms with Gasteiger partial charge in [-0.3, -0.25) is 0 Å². The van der Waals surface area contributed by atoms with Crippen LogP contribution < -0.4 is 14.8 Å². The summed E-state index contributed by atoms with van der Waals surface area (Å²) in [6, 6.07) is 4.01. The first-order valence-corrected chi connectivity index (χ1v) is 7.08. The summed E-state index contributed by atoms with van der Waals surface area (Å²) in [7, 11) is 0. The highest BCUT2D eigenvalue weighted by Gasteiger charge is 2.15. The van der Waals surface area contributed by atoms with Crippen molar-refractivity contribution in [3.8, 4) is 11.5 Å². The third kappa shape index (κ3) is 4.35. The standard InChI is InChI=1S/C13H18BrNO4/c14-11-7-10(9-15-1-3-17-4-2-16)8-12-13(11)19-6-5-18-12/h7-8,15-16H,1-6,9H2. The van der Waals surface area contributed by atoms with E-state index in [0.29, 0.717) is 26.4 Å². The molecule has 1 aromatic carbocycles. The lowest BCUT2D eigenvalue weighted by Gasteiger charge is -2.20. The molecule has 106 valence electrons. The number of aliphatic hydroxyl groups is 1. The molecule has 2 N–H and O–H groups in total. The summed E-state index contributed by atoms with van der Waals surface area (Å²) >= 11 is 3.49. The van der Waals surface area contributed by atoms with E-state index in [0.717, 1.165) is 34.6 Å². The monoisotopic (exact) mass is 331 g/mol. The normalized spacial score (nSPS) is 13.6. The molecule has 19 heavy (non-hydrogen) atoms. The van der Waals surface area contributed by atoms with Crippen LogP contribution in [0.15, 0.2) is 16.6 Å². The van der Waals surface area contributed by atoms with Gasteiger partial charge in [0.2, 0.25) is 0 Å². The second kappa shape index (κ2) is 7.69. The van der Waals surface area contributed by atoms with E-state index in [1.807, 2.05) is 12.1 Å². The van der Waals surface area contributed by atoms with Gasteiger partial charge in [-0.2, -0.15) is 0 Å². The highest BCUT2D eigenvalue weighted by Crippen LogP contribution is 2.38. The van der Waals surface area contributed by atoms with E-state index < -0.39 is 0 Å². The largest absolute Gasteiger partial charge is 0.486 e. The van der Waals surface area contributed by atoms with Crippen LogP contribution in [0.3, 0.4) is 0 Å². The molecule has 0 aliphatic carbocycles. The minimum Gasteiger partial charge on any atom is -0.486 e. The quantitative estimate of drug-likeness (QED) is 0.738. The van der Waals surface area contributed by atoms with Crippen LogP contribution in [0.25, 0.3) is 0 Å². The molecule has 0 atom stereocenters. The Labute approximate surface area is 121 Å². The van der Waals surface area contributed by atoms with Crippen molar-refractivity contribution in [1.29, 1.82) is 0 Å². The third-order valence-corrected chi connectivity index (χ3v) is 3.23. The number of hydrogen-bond acceptors (Lipinski definition) is 5. The predicted octanol–water partition coefficient (Wildman–Crippen LogP) is 1.32. The third-order valence-electron chi connectivity index (χ3n) is 2.64. The molecule has 0 unspecified atom stereocenters. The summed E-state index contributed by atoms with van der Waals surface area (Å²) in [5, 5.41) is 11.8. The van der Waals surface area contributed by atoms with Gasteiger partial charge in [0.25, 0.3) is 0 Å². The second-order valence-corrected chi connectivity index (χ2v) is 4.97. The molecule has 0 saturated heterocycles. The fraction of sp³-hybridized carbons (Fsp3) is 0.538. The maximum atomic E-state index is 8.57. The Kier molecular flexibility index (Phi) is 5.91. The minimum absolute atomic E-state index is 0.0646. The van der Waals surface area contributed by atoms with Gasteiger partial charge in [0.1, 0.15) is 13.2 Å². The molecule has 1 aromatic rings. The fourth-order valence-corrected chi connectivity index (χ4v) is 2.41. The molecule has 1 aliphatic rings. The lowest BCUT2D eigenvalue weighted by atomic mass is 10.2. The van der Waals surface area contributed by atoms with Gasteiger partial charge >= 0.3 is 0 Å². The number of nitrogens with one attached hydrogen (secondary N) is 1. The van der Waals surface area contributed by atoms with Crippen LogP contribution in [0.5, 0.6) is 11.5 Å². The van der Waals surface area contributed by atoms with Crippen molar-refractivity contribution in [1.82, 2.24) is 5.32 Å². The van der Waals surface area contributed by atoms with Crippen LogP contribution in [-0.2, 0) is 11.3 Å². The summed E-state index contributed by atoms with van der Waals surface area (Å²) in [5.74, 6) is 1.57. The van der Waals surface area contributed by atoms with Gasteiger partial charge in [0, 0.05) is 13.1 Å². The van der Waals surface area contributed by atoms with Crippen molar-refractivity contribution >= 4 is 15.9 Å². The Balaban J connectivity index is 1.82. The van der Waals surface area contributed by atoms with E-state index in [2.05, 4.69) is 21.2 Å². The fourth-order valence-electron chi connectivity index (χ4n) is 1.81. The Morgan fingerprint density at radius 3 is 2.95 bits per heavy atom. The van der Waals surface area contributed by atoms with Gasteiger partial charge in [0.15, 0.2) is 11.5 Å². The van der Waals surface area contributed by atoms with Crippen LogP contribution >= 0.6 is 15.9 Å². The molecule has 0 spiro atoms. The van der Waals surface area contributed by atoms with E-state index in [-0.39, 0.29) is 6.61 Å². The molecule has 0 amide bonds. The molecule has 0 aromatic heterocycles. The number of benzene rings is 1. The molecule has 1 aliphatic heterocycles. The number of ether oxygens (including phenoxy) is 3.